The van der Waals surface area contributed by atoms with Gasteiger partial charge in [0.05, 0.1) is 0 Å². The van der Waals surface area contributed by atoms with Crippen LogP contribution in [0.4, 0.5) is 4.79 Å². The van der Waals surface area contributed by atoms with Crippen LogP contribution in [0.15, 0.2) is 11.1 Å². The van der Waals surface area contributed by atoms with Crippen LogP contribution in [0.5, 0.6) is 0 Å². The SMILES string of the molecule is CC(C(=O)O)=C(C)C(=O)NCCNC(N)=O. The number of urea groups is 1. The Morgan fingerprint density at radius 2 is 1.56 bits per heavy atom. The molecule has 0 aliphatic carbocycles. The minimum Gasteiger partial charge on any atom is -0.478 e. The van der Waals surface area contributed by atoms with E-state index in [0.29, 0.717) is 0 Å². The summed E-state index contributed by atoms with van der Waals surface area (Å²) in [6.07, 6.45) is 0. The Hall–Kier alpha value is -2.05. The summed E-state index contributed by atoms with van der Waals surface area (Å²) in [6, 6.07) is -0.678. The molecule has 0 spiro atoms. The summed E-state index contributed by atoms with van der Waals surface area (Å²) in [5, 5.41) is 13.4. The van der Waals surface area contributed by atoms with E-state index >= 15 is 0 Å². The molecule has 0 aliphatic heterocycles. The number of nitrogens with one attached hydrogen (secondary N) is 2. The van der Waals surface area contributed by atoms with E-state index in [9.17, 15) is 14.4 Å². The first-order valence-electron chi connectivity index (χ1n) is 4.58. The summed E-state index contributed by atoms with van der Waals surface area (Å²) in [6.45, 7) is 3.14. The lowest BCUT2D eigenvalue weighted by molar-refractivity contribution is -0.133. The molecule has 7 nitrogen and oxygen atoms in total. The average Bonchev–Trinajstić information content (AvgIpc) is 2.21. The van der Waals surface area contributed by atoms with Crippen molar-refractivity contribution in [2.75, 3.05) is 13.1 Å². The molecule has 0 radical (unpaired) electrons. The van der Waals surface area contributed by atoms with Crippen molar-refractivity contribution in [3.63, 3.8) is 0 Å². The van der Waals surface area contributed by atoms with Crippen molar-refractivity contribution in [3.05, 3.63) is 11.1 Å². The third-order valence-electron chi connectivity index (χ3n) is 1.93. The van der Waals surface area contributed by atoms with E-state index in [4.69, 9.17) is 10.8 Å². The second-order valence-electron chi connectivity index (χ2n) is 3.10. The van der Waals surface area contributed by atoms with Gasteiger partial charge in [-0.15, -0.1) is 0 Å². The standard InChI is InChI=1S/C9H15N3O4/c1-5(6(2)8(14)15)7(13)11-3-4-12-9(10)16/h3-4H2,1-2H3,(H,11,13)(H,14,15)(H3,10,12,16). The second kappa shape index (κ2) is 6.44. The van der Waals surface area contributed by atoms with Gasteiger partial charge in [0.1, 0.15) is 0 Å². The van der Waals surface area contributed by atoms with E-state index in [0.717, 1.165) is 0 Å². The van der Waals surface area contributed by atoms with Gasteiger partial charge in [0.25, 0.3) is 0 Å². The number of hydrogen-bond donors (Lipinski definition) is 4. The fraction of sp³-hybridized carbons (Fsp3) is 0.444. The first-order chi connectivity index (χ1) is 7.36. The van der Waals surface area contributed by atoms with Gasteiger partial charge >= 0.3 is 12.0 Å². The van der Waals surface area contributed by atoms with Gasteiger partial charge in [-0.3, -0.25) is 4.79 Å². The van der Waals surface area contributed by atoms with Crippen LogP contribution in [0.25, 0.3) is 0 Å². The molecule has 0 aliphatic rings. The number of primary amides is 1. The molecule has 0 aromatic rings. The molecule has 90 valence electrons. The molecule has 0 rings (SSSR count). The van der Waals surface area contributed by atoms with Crippen molar-refractivity contribution in [1.82, 2.24) is 10.6 Å². The molecule has 16 heavy (non-hydrogen) atoms. The Bertz CT molecular complexity index is 336. The predicted molar refractivity (Wildman–Crippen MR) is 56.6 cm³/mol. The molecule has 0 heterocycles. The molecule has 0 saturated heterocycles. The number of carboxylic acids is 1. The smallest absolute Gasteiger partial charge is 0.331 e. The molecule has 0 saturated carbocycles. The Kier molecular flexibility index (Phi) is 5.61. The zero-order chi connectivity index (χ0) is 12.7. The number of aliphatic carboxylic acids is 1. The Balaban J connectivity index is 4.12. The van der Waals surface area contributed by atoms with Crippen molar-refractivity contribution in [1.29, 1.82) is 0 Å². The molecule has 0 unspecified atom stereocenters. The number of carboxylic acid groups (broad SMARTS) is 1. The van der Waals surface area contributed by atoms with Crippen molar-refractivity contribution >= 4 is 17.9 Å². The van der Waals surface area contributed by atoms with Crippen LogP contribution >= 0.6 is 0 Å². The first kappa shape index (κ1) is 13.9. The van der Waals surface area contributed by atoms with Crippen LogP contribution in [-0.2, 0) is 9.59 Å². The molecule has 0 atom stereocenters. The highest BCUT2D eigenvalue weighted by atomic mass is 16.4. The number of rotatable bonds is 5. The lowest BCUT2D eigenvalue weighted by atomic mass is 10.1. The maximum atomic E-state index is 11.4. The maximum Gasteiger partial charge on any atom is 0.331 e. The Labute approximate surface area is 92.7 Å². The van der Waals surface area contributed by atoms with Crippen LogP contribution in [0.1, 0.15) is 13.8 Å². The second-order valence-corrected chi connectivity index (χ2v) is 3.10. The van der Waals surface area contributed by atoms with E-state index in [-0.39, 0.29) is 24.2 Å². The molecule has 0 aromatic heterocycles. The Morgan fingerprint density at radius 3 is 2.00 bits per heavy atom. The van der Waals surface area contributed by atoms with E-state index in [1.165, 1.54) is 13.8 Å². The molecule has 7 heteroatoms. The topological polar surface area (TPSA) is 122 Å². The van der Waals surface area contributed by atoms with Gasteiger partial charge in [-0.2, -0.15) is 0 Å². The number of carbonyl (C=O) groups is 3. The summed E-state index contributed by atoms with van der Waals surface area (Å²) in [5.74, 6) is -1.62. The lowest BCUT2D eigenvalue weighted by Gasteiger charge is -2.06. The molecule has 0 fully saturated rings. The fourth-order valence-electron chi connectivity index (χ4n) is 0.825. The van der Waals surface area contributed by atoms with Crippen LogP contribution in [0.2, 0.25) is 0 Å². The molecule has 3 amide bonds. The summed E-state index contributed by atoms with van der Waals surface area (Å²) >= 11 is 0. The van der Waals surface area contributed by atoms with E-state index in [1.807, 2.05) is 0 Å². The quantitative estimate of drug-likeness (QED) is 0.364. The monoisotopic (exact) mass is 229 g/mol. The van der Waals surface area contributed by atoms with E-state index in [1.54, 1.807) is 0 Å². The summed E-state index contributed by atoms with van der Waals surface area (Å²) in [5.41, 5.74) is 4.92. The van der Waals surface area contributed by atoms with E-state index in [2.05, 4.69) is 10.6 Å². The van der Waals surface area contributed by atoms with Crippen LogP contribution in [0, 0.1) is 0 Å². The van der Waals surface area contributed by atoms with Crippen molar-refractivity contribution in [2.45, 2.75) is 13.8 Å². The van der Waals surface area contributed by atoms with Crippen molar-refractivity contribution < 1.29 is 19.5 Å². The number of hydrogen-bond acceptors (Lipinski definition) is 3. The van der Waals surface area contributed by atoms with Crippen LogP contribution in [0.3, 0.4) is 0 Å². The van der Waals surface area contributed by atoms with Crippen LogP contribution in [-0.4, -0.2) is 36.1 Å². The van der Waals surface area contributed by atoms with Gasteiger partial charge in [-0.25, -0.2) is 9.59 Å². The van der Waals surface area contributed by atoms with Crippen LogP contribution < -0.4 is 16.4 Å². The molecule has 0 aromatic carbocycles. The van der Waals surface area contributed by atoms with Gasteiger partial charge in [-0.1, -0.05) is 0 Å². The largest absolute Gasteiger partial charge is 0.478 e. The van der Waals surface area contributed by atoms with Gasteiger partial charge < -0.3 is 21.5 Å². The zero-order valence-electron chi connectivity index (χ0n) is 9.16. The average molecular weight is 229 g/mol. The van der Waals surface area contributed by atoms with Gasteiger partial charge in [0.15, 0.2) is 0 Å². The number of amides is 3. The van der Waals surface area contributed by atoms with Crippen molar-refractivity contribution in [2.24, 2.45) is 5.73 Å². The minimum absolute atomic E-state index is 0.0136. The molecular formula is C9H15N3O4. The van der Waals surface area contributed by atoms with Gasteiger partial charge in [0.2, 0.25) is 5.91 Å². The third-order valence-corrected chi connectivity index (χ3v) is 1.93. The molecular weight excluding hydrogens is 214 g/mol. The summed E-state index contributed by atoms with van der Waals surface area (Å²) < 4.78 is 0. The lowest BCUT2D eigenvalue weighted by Crippen LogP contribution is -2.37. The number of nitrogens with two attached hydrogens (primary N) is 1. The molecule has 0 bridgehead atoms. The normalized spacial score (nSPS) is 11.4. The third kappa shape index (κ3) is 4.99. The van der Waals surface area contributed by atoms with Gasteiger partial charge in [-0.05, 0) is 13.8 Å². The van der Waals surface area contributed by atoms with Crippen molar-refractivity contribution in [3.8, 4) is 0 Å². The summed E-state index contributed by atoms with van der Waals surface area (Å²) in [7, 11) is 0. The highest BCUT2D eigenvalue weighted by molar-refractivity contribution is 6.01. The van der Waals surface area contributed by atoms with E-state index < -0.39 is 17.9 Å². The van der Waals surface area contributed by atoms with Gasteiger partial charge in [0, 0.05) is 24.2 Å². The number of carbonyl (C=O) groups excluding carboxylic acids is 2. The zero-order valence-corrected chi connectivity index (χ0v) is 9.16. The maximum absolute atomic E-state index is 11.4. The first-order valence-corrected chi connectivity index (χ1v) is 4.58. The highest BCUT2D eigenvalue weighted by Gasteiger charge is 2.11. The predicted octanol–water partition coefficient (Wildman–Crippen LogP) is -0.808. The molecule has 5 N–H and O–H groups in total. The fourth-order valence-corrected chi connectivity index (χ4v) is 0.825. The summed E-state index contributed by atoms with van der Waals surface area (Å²) in [4.78, 5) is 32.2. The Morgan fingerprint density at radius 1 is 1.06 bits per heavy atom. The minimum atomic E-state index is -1.14. The highest BCUT2D eigenvalue weighted by Crippen LogP contribution is 2.02.